The van der Waals surface area contributed by atoms with E-state index in [4.69, 9.17) is 5.11 Å². The highest BCUT2D eigenvalue weighted by molar-refractivity contribution is 4.53. The third-order valence-electron chi connectivity index (χ3n) is 3.26. The van der Waals surface area contributed by atoms with Gasteiger partial charge in [-0.1, -0.05) is 85.5 Å². The van der Waals surface area contributed by atoms with Crippen molar-refractivity contribution in [1.82, 2.24) is 0 Å². The lowest BCUT2D eigenvalue weighted by Crippen LogP contribution is -2.03. The van der Waals surface area contributed by atoms with Crippen LogP contribution < -0.4 is 0 Å². The Morgan fingerprint density at radius 3 is 1.47 bits per heavy atom. The van der Waals surface area contributed by atoms with Gasteiger partial charge >= 0.3 is 0 Å². The first kappa shape index (κ1) is 19.3. The number of aliphatic hydroxyl groups is 1. The number of hydrogen-bond acceptors (Lipinski definition) is 1. The minimum absolute atomic E-state index is 0.372. The molecule has 0 radical (unpaired) electrons. The SMILES string of the molecule is CCCCC(CC)CO.CCCCCCCC. The molecule has 17 heavy (non-hydrogen) atoms. The first-order chi connectivity index (χ1) is 8.26. The van der Waals surface area contributed by atoms with E-state index in [1.807, 2.05) is 0 Å². The minimum Gasteiger partial charge on any atom is -0.396 e. The average Bonchev–Trinajstić information content (AvgIpc) is 2.37. The molecule has 0 aromatic carbocycles. The van der Waals surface area contributed by atoms with Gasteiger partial charge in [0.2, 0.25) is 0 Å². The zero-order valence-corrected chi connectivity index (χ0v) is 12.8. The maximum absolute atomic E-state index is 8.75. The Hall–Kier alpha value is -0.0400. The van der Waals surface area contributed by atoms with Gasteiger partial charge in [0.1, 0.15) is 0 Å². The normalized spacial score (nSPS) is 11.8. The summed E-state index contributed by atoms with van der Waals surface area (Å²) in [4.78, 5) is 0. The lowest BCUT2D eigenvalue weighted by atomic mass is 10.0. The Morgan fingerprint density at radius 2 is 1.18 bits per heavy atom. The van der Waals surface area contributed by atoms with Crippen LogP contribution in [0.1, 0.15) is 91.9 Å². The van der Waals surface area contributed by atoms with Crippen LogP contribution in [0.4, 0.5) is 0 Å². The van der Waals surface area contributed by atoms with E-state index in [9.17, 15) is 0 Å². The molecule has 1 unspecified atom stereocenters. The molecule has 0 aliphatic carbocycles. The molecule has 1 N–H and O–H groups in total. The molecule has 1 heteroatoms. The van der Waals surface area contributed by atoms with Gasteiger partial charge in [-0.15, -0.1) is 0 Å². The summed E-state index contributed by atoms with van der Waals surface area (Å²) in [6.45, 7) is 9.20. The molecule has 0 saturated heterocycles. The Bertz CT molecular complexity index is 102. The summed E-state index contributed by atoms with van der Waals surface area (Å²) in [5.41, 5.74) is 0. The summed E-state index contributed by atoms with van der Waals surface area (Å²) in [6.07, 6.45) is 13.3. The Morgan fingerprint density at radius 1 is 0.706 bits per heavy atom. The van der Waals surface area contributed by atoms with Crippen molar-refractivity contribution in [1.29, 1.82) is 0 Å². The largest absolute Gasteiger partial charge is 0.396 e. The topological polar surface area (TPSA) is 20.2 Å². The van der Waals surface area contributed by atoms with E-state index in [0.29, 0.717) is 12.5 Å². The van der Waals surface area contributed by atoms with E-state index in [-0.39, 0.29) is 0 Å². The highest BCUT2D eigenvalue weighted by atomic mass is 16.3. The van der Waals surface area contributed by atoms with Crippen molar-refractivity contribution in [3.63, 3.8) is 0 Å². The summed E-state index contributed by atoms with van der Waals surface area (Å²) < 4.78 is 0. The van der Waals surface area contributed by atoms with Crippen LogP contribution >= 0.6 is 0 Å². The van der Waals surface area contributed by atoms with Crippen molar-refractivity contribution in [3.8, 4) is 0 Å². The van der Waals surface area contributed by atoms with Crippen LogP contribution in [0.2, 0.25) is 0 Å². The lowest BCUT2D eigenvalue weighted by Gasteiger charge is -2.08. The molecule has 106 valence electrons. The smallest absolute Gasteiger partial charge is 0.0459 e. The molecule has 0 aromatic rings. The maximum Gasteiger partial charge on any atom is 0.0459 e. The highest BCUT2D eigenvalue weighted by Gasteiger charge is 2.01. The molecule has 0 amide bonds. The molecule has 0 fully saturated rings. The summed E-state index contributed by atoms with van der Waals surface area (Å²) in [5, 5.41) is 8.75. The van der Waals surface area contributed by atoms with Gasteiger partial charge in [-0.3, -0.25) is 0 Å². The fourth-order valence-electron chi connectivity index (χ4n) is 1.77. The molecule has 0 aliphatic rings. The monoisotopic (exact) mass is 244 g/mol. The summed E-state index contributed by atoms with van der Waals surface area (Å²) >= 11 is 0. The standard InChI is InChI=1S/C8H18O.C8H18/c1-3-5-6-8(4-2)7-9;1-3-5-7-8-6-4-2/h8-9H,3-7H2,1-2H3;3-8H2,1-2H3. The fraction of sp³-hybridized carbons (Fsp3) is 1.00. The van der Waals surface area contributed by atoms with Gasteiger partial charge in [0.25, 0.3) is 0 Å². The minimum atomic E-state index is 0.372. The van der Waals surface area contributed by atoms with Crippen molar-refractivity contribution in [2.24, 2.45) is 5.92 Å². The summed E-state index contributed by atoms with van der Waals surface area (Å²) in [7, 11) is 0. The van der Waals surface area contributed by atoms with Crippen molar-refractivity contribution in [3.05, 3.63) is 0 Å². The summed E-state index contributed by atoms with van der Waals surface area (Å²) in [6, 6.07) is 0. The number of rotatable bonds is 10. The molecule has 0 rings (SSSR count). The van der Waals surface area contributed by atoms with Gasteiger partial charge < -0.3 is 5.11 Å². The van der Waals surface area contributed by atoms with Crippen molar-refractivity contribution < 1.29 is 5.11 Å². The molecule has 0 saturated carbocycles. The van der Waals surface area contributed by atoms with E-state index < -0.39 is 0 Å². The van der Waals surface area contributed by atoms with Gasteiger partial charge in [0.05, 0.1) is 0 Å². The molecule has 0 heterocycles. The Balaban J connectivity index is 0. The molecule has 0 bridgehead atoms. The quantitative estimate of drug-likeness (QED) is 0.499. The third kappa shape index (κ3) is 18.5. The Kier molecular flexibility index (Phi) is 20.8. The van der Waals surface area contributed by atoms with Crippen molar-refractivity contribution in [2.45, 2.75) is 91.9 Å². The van der Waals surface area contributed by atoms with Crippen molar-refractivity contribution in [2.75, 3.05) is 6.61 Å². The molecule has 1 nitrogen and oxygen atoms in total. The number of hydrogen-bond donors (Lipinski definition) is 1. The second-order valence-electron chi connectivity index (χ2n) is 5.01. The molecule has 1 atom stereocenters. The van der Waals surface area contributed by atoms with Crippen LogP contribution in [-0.2, 0) is 0 Å². The second kappa shape index (κ2) is 18.3. The zero-order valence-electron chi connectivity index (χ0n) is 12.8. The molecule has 0 aromatic heterocycles. The second-order valence-corrected chi connectivity index (χ2v) is 5.01. The van der Waals surface area contributed by atoms with Gasteiger partial charge in [-0.25, -0.2) is 0 Å². The van der Waals surface area contributed by atoms with E-state index in [0.717, 1.165) is 6.42 Å². The average molecular weight is 244 g/mol. The van der Waals surface area contributed by atoms with E-state index in [1.54, 1.807) is 0 Å². The van der Waals surface area contributed by atoms with Crippen molar-refractivity contribution >= 4 is 0 Å². The third-order valence-corrected chi connectivity index (χ3v) is 3.26. The van der Waals surface area contributed by atoms with Crippen LogP contribution in [0.15, 0.2) is 0 Å². The molecular weight excluding hydrogens is 208 g/mol. The van der Waals surface area contributed by atoms with Gasteiger partial charge in [-0.2, -0.15) is 0 Å². The predicted octanol–water partition coefficient (Wildman–Crippen LogP) is 5.56. The Labute approximate surface area is 110 Å². The van der Waals surface area contributed by atoms with E-state index >= 15 is 0 Å². The molecule has 0 aliphatic heterocycles. The fourth-order valence-corrected chi connectivity index (χ4v) is 1.77. The van der Waals surface area contributed by atoms with Gasteiger partial charge in [0, 0.05) is 6.61 Å². The van der Waals surface area contributed by atoms with Gasteiger partial charge in [0.15, 0.2) is 0 Å². The van der Waals surface area contributed by atoms with Crippen LogP contribution in [-0.4, -0.2) is 11.7 Å². The van der Waals surface area contributed by atoms with Crippen LogP contribution in [0.5, 0.6) is 0 Å². The summed E-state index contributed by atoms with van der Waals surface area (Å²) in [5.74, 6) is 0.560. The molecule has 0 spiro atoms. The first-order valence-electron chi connectivity index (χ1n) is 7.87. The number of unbranched alkanes of at least 4 members (excludes halogenated alkanes) is 6. The maximum atomic E-state index is 8.75. The first-order valence-corrected chi connectivity index (χ1v) is 7.87. The van der Waals surface area contributed by atoms with E-state index in [1.165, 1.54) is 57.8 Å². The van der Waals surface area contributed by atoms with Gasteiger partial charge in [-0.05, 0) is 12.3 Å². The van der Waals surface area contributed by atoms with Crippen LogP contribution in [0, 0.1) is 5.92 Å². The van der Waals surface area contributed by atoms with Crippen LogP contribution in [0.3, 0.4) is 0 Å². The van der Waals surface area contributed by atoms with Crippen LogP contribution in [0.25, 0.3) is 0 Å². The zero-order chi connectivity index (χ0) is 13.4. The number of aliphatic hydroxyl groups excluding tert-OH is 1. The molecular formula is C16H36O. The van der Waals surface area contributed by atoms with E-state index in [2.05, 4.69) is 27.7 Å². The predicted molar refractivity (Wildman–Crippen MR) is 79.4 cm³/mol. The lowest BCUT2D eigenvalue weighted by molar-refractivity contribution is 0.212. The highest BCUT2D eigenvalue weighted by Crippen LogP contribution is 2.10.